The average Bonchev–Trinajstić information content (AvgIpc) is 3.19. The van der Waals surface area contributed by atoms with Gasteiger partial charge < -0.3 is 19.1 Å². The van der Waals surface area contributed by atoms with E-state index >= 15 is 0 Å². The molecule has 0 amide bonds. The van der Waals surface area contributed by atoms with Crippen LogP contribution in [0.25, 0.3) is 17.0 Å². The molecule has 0 spiro atoms. The summed E-state index contributed by atoms with van der Waals surface area (Å²) in [6, 6.07) is 17.2. The highest BCUT2D eigenvalue weighted by atomic mass is 16.6. The number of carbonyl (C=O) groups is 1. The molecule has 3 aromatic rings. The first-order valence-corrected chi connectivity index (χ1v) is 10.1. The molecule has 0 unspecified atom stereocenters. The van der Waals surface area contributed by atoms with Crippen molar-refractivity contribution in [2.24, 2.45) is 4.99 Å². The molecule has 0 radical (unpaired) electrons. The Labute approximate surface area is 179 Å². The smallest absolute Gasteiger partial charge is 0.363 e. The fourth-order valence-electron chi connectivity index (χ4n) is 3.68. The molecule has 2 aliphatic rings. The Hall–Kier alpha value is -3.71. The first-order chi connectivity index (χ1) is 15.2. The highest BCUT2D eigenvalue weighted by molar-refractivity contribution is 6.13. The molecule has 7 heteroatoms. The van der Waals surface area contributed by atoms with E-state index in [-0.39, 0.29) is 5.70 Å². The largest absolute Gasteiger partial charge is 0.497 e. The van der Waals surface area contributed by atoms with Crippen molar-refractivity contribution in [1.29, 1.82) is 0 Å². The van der Waals surface area contributed by atoms with Gasteiger partial charge >= 0.3 is 5.97 Å². The van der Waals surface area contributed by atoms with Gasteiger partial charge in [0.2, 0.25) is 5.90 Å². The summed E-state index contributed by atoms with van der Waals surface area (Å²) in [7, 11) is 1.64. The molecule has 0 atom stereocenters. The van der Waals surface area contributed by atoms with Gasteiger partial charge in [-0.25, -0.2) is 14.8 Å². The van der Waals surface area contributed by atoms with Crippen LogP contribution in [0, 0.1) is 0 Å². The summed E-state index contributed by atoms with van der Waals surface area (Å²) in [5.41, 5.74) is 2.65. The van der Waals surface area contributed by atoms with Crippen molar-refractivity contribution >= 4 is 34.7 Å². The summed E-state index contributed by atoms with van der Waals surface area (Å²) in [5, 5.41) is 0.947. The van der Waals surface area contributed by atoms with E-state index in [1.165, 1.54) is 0 Å². The van der Waals surface area contributed by atoms with Gasteiger partial charge in [0.15, 0.2) is 5.70 Å². The van der Waals surface area contributed by atoms with Crippen molar-refractivity contribution in [2.45, 2.75) is 0 Å². The van der Waals surface area contributed by atoms with E-state index in [0.717, 1.165) is 46.7 Å². The molecule has 2 aromatic carbocycles. The van der Waals surface area contributed by atoms with Crippen LogP contribution in [0.15, 0.2) is 65.3 Å². The highest BCUT2D eigenvalue weighted by Gasteiger charge is 2.25. The van der Waals surface area contributed by atoms with E-state index in [9.17, 15) is 4.79 Å². The number of aromatic nitrogens is 1. The second-order valence-electron chi connectivity index (χ2n) is 7.26. The van der Waals surface area contributed by atoms with Crippen LogP contribution in [0.1, 0.15) is 11.1 Å². The van der Waals surface area contributed by atoms with Crippen LogP contribution >= 0.6 is 0 Å². The number of rotatable bonds is 4. The van der Waals surface area contributed by atoms with Crippen molar-refractivity contribution in [2.75, 3.05) is 38.3 Å². The number of anilines is 1. The third-order valence-electron chi connectivity index (χ3n) is 5.28. The molecule has 31 heavy (non-hydrogen) atoms. The van der Waals surface area contributed by atoms with Crippen molar-refractivity contribution in [3.05, 3.63) is 71.4 Å². The summed E-state index contributed by atoms with van der Waals surface area (Å²) in [6.07, 6.45) is 1.75. The number of ether oxygens (including phenoxy) is 3. The fraction of sp³-hybridized carbons (Fsp3) is 0.208. The van der Waals surface area contributed by atoms with Crippen LogP contribution in [-0.2, 0) is 14.3 Å². The minimum absolute atomic E-state index is 0.253. The molecular weight excluding hydrogens is 394 g/mol. The van der Waals surface area contributed by atoms with Crippen molar-refractivity contribution in [3.8, 4) is 5.75 Å². The number of esters is 1. The molecule has 0 bridgehead atoms. The Bertz CT molecular complexity index is 1200. The lowest BCUT2D eigenvalue weighted by molar-refractivity contribution is -0.129. The average molecular weight is 415 g/mol. The summed E-state index contributed by atoms with van der Waals surface area (Å²) in [5.74, 6) is 1.37. The summed E-state index contributed by atoms with van der Waals surface area (Å²) < 4.78 is 16.3. The van der Waals surface area contributed by atoms with E-state index in [4.69, 9.17) is 19.2 Å². The van der Waals surface area contributed by atoms with Crippen LogP contribution in [0.5, 0.6) is 5.75 Å². The Morgan fingerprint density at radius 2 is 1.87 bits per heavy atom. The van der Waals surface area contributed by atoms with Crippen LogP contribution in [-0.4, -0.2) is 50.3 Å². The van der Waals surface area contributed by atoms with E-state index in [1.807, 2.05) is 54.6 Å². The molecule has 2 aliphatic heterocycles. The summed E-state index contributed by atoms with van der Waals surface area (Å²) in [6.45, 7) is 2.71. The molecule has 5 rings (SSSR count). The number of cyclic esters (lactones) is 1. The van der Waals surface area contributed by atoms with Gasteiger partial charge in [-0.15, -0.1) is 0 Å². The number of hydrogen-bond donors (Lipinski definition) is 0. The topological polar surface area (TPSA) is 73.2 Å². The molecular formula is C24H21N3O4. The fourth-order valence-corrected chi connectivity index (χ4v) is 3.68. The third kappa shape index (κ3) is 3.87. The van der Waals surface area contributed by atoms with Crippen LogP contribution < -0.4 is 9.64 Å². The second-order valence-corrected chi connectivity index (χ2v) is 7.26. The second kappa shape index (κ2) is 8.20. The lowest BCUT2D eigenvalue weighted by atomic mass is 10.1. The lowest BCUT2D eigenvalue weighted by Gasteiger charge is -2.29. The van der Waals surface area contributed by atoms with E-state index in [0.29, 0.717) is 19.1 Å². The monoisotopic (exact) mass is 415 g/mol. The maximum absolute atomic E-state index is 12.5. The van der Waals surface area contributed by atoms with Crippen LogP contribution in [0.4, 0.5) is 5.82 Å². The third-order valence-corrected chi connectivity index (χ3v) is 5.28. The number of hydrogen-bond acceptors (Lipinski definition) is 7. The van der Waals surface area contributed by atoms with Crippen molar-refractivity contribution in [1.82, 2.24) is 4.98 Å². The number of methoxy groups -OCH3 is 1. The van der Waals surface area contributed by atoms with Gasteiger partial charge in [-0.3, -0.25) is 0 Å². The lowest BCUT2D eigenvalue weighted by Crippen LogP contribution is -2.37. The number of benzene rings is 2. The highest BCUT2D eigenvalue weighted by Crippen LogP contribution is 2.30. The van der Waals surface area contributed by atoms with Gasteiger partial charge in [-0.2, -0.15) is 0 Å². The zero-order valence-electron chi connectivity index (χ0n) is 17.1. The first kappa shape index (κ1) is 19.3. The molecule has 3 heterocycles. The molecule has 156 valence electrons. The van der Waals surface area contributed by atoms with Crippen LogP contribution in [0.2, 0.25) is 0 Å². The van der Waals surface area contributed by atoms with E-state index < -0.39 is 5.97 Å². The van der Waals surface area contributed by atoms with Gasteiger partial charge in [-0.05, 0) is 36.4 Å². The quantitative estimate of drug-likeness (QED) is 0.480. The molecule has 0 saturated carbocycles. The standard InChI is InChI=1S/C24H21N3O4/c1-29-19-8-7-17-13-18(22(25-20(17)15-19)27-9-11-30-12-10-27)14-21-24(28)31-23(26-21)16-5-3-2-4-6-16/h2-8,13-15H,9-12H2,1H3. The number of morpholine rings is 1. The number of pyridine rings is 1. The minimum atomic E-state index is -0.471. The maximum atomic E-state index is 12.5. The normalized spacial score (nSPS) is 17.7. The molecule has 1 aromatic heterocycles. The van der Waals surface area contributed by atoms with Gasteiger partial charge in [0.05, 0.1) is 25.8 Å². The van der Waals surface area contributed by atoms with Gasteiger partial charge in [0, 0.05) is 35.7 Å². The summed E-state index contributed by atoms with van der Waals surface area (Å²) >= 11 is 0. The number of nitrogens with zero attached hydrogens (tertiary/aromatic N) is 3. The Morgan fingerprint density at radius 3 is 2.65 bits per heavy atom. The first-order valence-electron chi connectivity index (χ1n) is 10.1. The van der Waals surface area contributed by atoms with Crippen LogP contribution in [0.3, 0.4) is 0 Å². The zero-order chi connectivity index (χ0) is 21.2. The number of fused-ring (bicyclic) bond motifs is 1. The molecule has 7 nitrogen and oxygen atoms in total. The summed E-state index contributed by atoms with van der Waals surface area (Å²) in [4.78, 5) is 24.0. The van der Waals surface area contributed by atoms with E-state index in [1.54, 1.807) is 13.2 Å². The molecule has 1 fully saturated rings. The van der Waals surface area contributed by atoms with Crippen molar-refractivity contribution in [3.63, 3.8) is 0 Å². The van der Waals surface area contributed by atoms with E-state index in [2.05, 4.69) is 9.89 Å². The van der Waals surface area contributed by atoms with Crippen molar-refractivity contribution < 1.29 is 19.0 Å². The molecule has 0 aliphatic carbocycles. The zero-order valence-corrected chi connectivity index (χ0v) is 17.1. The Balaban J connectivity index is 1.60. The molecule has 1 saturated heterocycles. The van der Waals surface area contributed by atoms with Gasteiger partial charge in [0.25, 0.3) is 0 Å². The predicted octanol–water partition coefficient (Wildman–Crippen LogP) is 3.42. The number of carbonyl (C=O) groups excluding carboxylic acids is 1. The Morgan fingerprint density at radius 1 is 1.06 bits per heavy atom. The maximum Gasteiger partial charge on any atom is 0.363 e. The Kier molecular flexibility index (Phi) is 5.09. The predicted molar refractivity (Wildman–Crippen MR) is 118 cm³/mol. The minimum Gasteiger partial charge on any atom is -0.497 e. The SMILES string of the molecule is COc1ccc2cc(C=C3N=C(c4ccccc4)OC3=O)c(N3CCOCC3)nc2c1. The molecule has 0 N–H and O–H groups in total. The van der Waals surface area contributed by atoms with Gasteiger partial charge in [0.1, 0.15) is 11.6 Å². The van der Waals surface area contributed by atoms with Gasteiger partial charge in [-0.1, -0.05) is 18.2 Å². The number of aliphatic imine (C=N–C) groups is 1.